The fourth-order valence-electron chi connectivity index (χ4n) is 10.2. The molecule has 3 aliphatic heterocycles. The minimum absolute atomic E-state index is 0.0779. The highest BCUT2D eigenvalue weighted by atomic mass is 19.4. The summed E-state index contributed by atoms with van der Waals surface area (Å²) in [6.07, 6.45) is 5.84. The van der Waals surface area contributed by atoms with Gasteiger partial charge in [0.05, 0.1) is 41.2 Å². The number of methoxy groups -OCH3 is 1. The number of hydrogen-bond donors (Lipinski definition) is 2. The van der Waals surface area contributed by atoms with Crippen molar-refractivity contribution in [2.45, 2.75) is 88.5 Å². The second kappa shape index (κ2) is 15.6. The highest BCUT2D eigenvalue weighted by molar-refractivity contribution is 6.25. The molecule has 5 aliphatic rings. The number of likely N-dealkylation sites (tertiary alicyclic amines) is 1. The van der Waals surface area contributed by atoms with Gasteiger partial charge in [-0.1, -0.05) is 12.1 Å². The Morgan fingerprint density at radius 3 is 2.43 bits per heavy atom. The highest BCUT2D eigenvalue weighted by Gasteiger charge is 2.50. The lowest BCUT2D eigenvalue weighted by atomic mass is 9.60. The number of carbonyl (C=O) groups is 5. The Labute approximate surface area is 349 Å². The predicted octanol–water partition coefficient (Wildman–Crippen LogP) is 6.22. The number of hydrogen-bond acceptors (Lipinski definition) is 10. The third-order valence-electron chi connectivity index (χ3n) is 13.7. The van der Waals surface area contributed by atoms with E-state index < -0.39 is 47.4 Å². The molecular formula is C44H47F3N8O6. The van der Waals surface area contributed by atoms with Crippen LogP contribution in [0.2, 0.25) is 0 Å². The van der Waals surface area contributed by atoms with Gasteiger partial charge in [0.15, 0.2) is 0 Å². The SMILES string of the molecule is COc1cc2nn([C@H]3CC[C@H](CN4CCC5(CC4)CC(N(C)c4cccc6c4C(=O)N(C4CCC(=O)NC4=O)C6=O)C5)CC3)cc2cc1NC(=O)c1cccc(C(F)(F)F)n1. The number of alkyl halides is 3. The van der Waals surface area contributed by atoms with Crippen molar-refractivity contribution < 1.29 is 41.9 Å². The summed E-state index contributed by atoms with van der Waals surface area (Å²) in [5, 5.41) is 10.5. The maximum absolute atomic E-state index is 13.7. The molecule has 17 heteroatoms. The third-order valence-corrected chi connectivity index (χ3v) is 13.7. The summed E-state index contributed by atoms with van der Waals surface area (Å²) in [4.78, 5) is 73.6. The topological polar surface area (TPSA) is 159 Å². The summed E-state index contributed by atoms with van der Waals surface area (Å²) in [5.74, 6) is -1.85. The van der Waals surface area contributed by atoms with Gasteiger partial charge >= 0.3 is 6.18 Å². The van der Waals surface area contributed by atoms with Crippen LogP contribution in [0, 0.1) is 11.3 Å². The standard InChI is InChI=1S/C44H47F3N8O6/c1-52(33-7-3-5-29-38(33)42(60)55(41(29)59)34-13-14-37(56)50-40(34)58)28-21-43(22-28)15-17-53(18-16-43)23-25-9-11-27(12-10-25)54-24-26-19-32(35(61-2)20-31(26)51-54)49-39(57)30-6-4-8-36(48-30)44(45,46)47/h3-8,19-20,24-25,27-28,34H,9-18,21-23H2,1-2H3,(H,49,57)(H,50,56,58)/t25-,27-,34?. The number of nitrogens with one attached hydrogen (secondary N) is 2. The molecule has 4 aromatic rings. The first-order chi connectivity index (χ1) is 29.2. The van der Waals surface area contributed by atoms with Crippen LogP contribution in [0.15, 0.2) is 54.7 Å². The minimum Gasteiger partial charge on any atom is -0.494 e. The van der Waals surface area contributed by atoms with Crippen molar-refractivity contribution in [2.75, 3.05) is 44.0 Å². The first-order valence-corrected chi connectivity index (χ1v) is 20.9. The Bertz CT molecular complexity index is 2430. The summed E-state index contributed by atoms with van der Waals surface area (Å²) in [5.41, 5.74) is 1.08. The van der Waals surface area contributed by atoms with Crippen LogP contribution in [0.3, 0.4) is 0 Å². The van der Waals surface area contributed by atoms with Crippen molar-refractivity contribution in [3.8, 4) is 5.75 Å². The molecular weight excluding hydrogens is 794 g/mol. The van der Waals surface area contributed by atoms with Crippen molar-refractivity contribution in [2.24, 2.45) is 11.3 Å². The molecule has 2 aromatic heterocycles. The molecule has 2 aromatic carbocycles. The van der Waals surface area contributed by atoms with Crippen molar-refractivity contribution in [1.29, 1.82) is 0 Å². The predicted molar refractivity (Wildman–Crippen MR) is 217 cm³/mol. The van der Waals surface area contributed by atoms with Crippen molar-refractivity contribution in [3.05, 3.63) is 77.2 Å². The van der Waals surface area contributed by atoms with Gasteiger partial charge in [-0.3, -0.25) is 38.9 Å². The number of anilines is 2. The molecule has 2 aliphatic carbocycles. The average Bonchev–Trinajstić information content (AvgIpc) is 3.76. The van der Waals surface area contributed by atoms with Gasteiger partial charge in [0, 0.05) is 43.7 Å². The van der Waals surface area contributed by atoms with Crippen molar-refractivity contribution in [1.82, 2.24) is 29.9 Å². The van der Waals surface area contributed by atoms with E-state index in [0.717, 1.165) is 93.4 Å². The quantitative estimate of drug-likeness (QED) is 0.185. The van der Waals surface area contributed by atoms with E-state index in [2.05, 4.69) is 25.4 Å². The molecule has 14 nitrogen and oxygen atoms in total. The zero-order valence-electron chi connectivity index (χ0n) is 34.0. The van der Waals surface area contributed by atoms with E-state index >= 15 is 0 Å². The van der Waals surface area contributed by atoms with E-state index in [-0.39, 0.29) is 36.0 Å². The van der Waals surface area contributed by atoms with Crippen LogP contribution in [0.1, 0.15) is 107 Å². The van der Waals surface area contributed by atoms with Crippen LogP contribution in [0.5, 0.6) is 5.75 Å². The Hall–Kier alpha value is -5.84. The van der Waals surface area contributed by atoms with E-state index in [0.29, 0.717) is 39.7 Å². The highest BCUT2D eigenvalue weighted by Crippen LogP contribution is 2.52. The normalized spacial score (nSPS) is 23.2. The molecule has 2 saturated carbocycles. The number of pyridine rings is 1. The number of rotatable bonds is 9. The smallest absolute Gasteiger partial charge is 0.433 e. The van der Waals surface area contributed by atoms with Crippen LogP contribution in [-0.2, 0) is 15.8 Å². The lowest BCUT2D eigenvalue weighted by Gasteiger charge is -2.55. The van der Waals surface area contributed by atoms with Crippen LogP contribution in [-0.4, -0.2) is 100.0 Å². The number of fused-ring (bicyclic) bond motifs is 2. The molecule has 61 heavy (non-hydrogen) atoms. The van der Waals surface area contributed by atoms with E-state index in [4.69, 9.17) is 9.84 Å². The van der Waals surface area contributed by atoms with Crippen LogP contribution >= 0.6 is 0 Å². The number of halogens is 3. The molecule has 5 heterocycles. The van der Waals surface area contributed by atoms with Crippen LogP contribution < -0.4 is 20.3 Å². The van der Waals surface area contributed by atoms with Crippen molar-refractivity contribution >= 4 is 51.8 Å². The molecule has 2 saturated heterocycles. The van der Waals surface area contributed by atoms with Gasteiger partial charge in [-0.05, 0) is 113 Å². The molecule has 1 atom stereocenters. The molecule has 1 spiro atoms. The molecule has 4 fully saturated rings. The molecule has 1 unspecified atom stereocenters. The van der Waals surface area contributed by atoms with Gasteiger partial charge in [0.2, 0.25) is 11.8 Å². The van der Waals surface area contributed by atoms with E-state index in [1.807, 2.05) is 24.0 Å². The summed E-state index contributed by atoms with van der Waals surface area (Å²) in [6, 6.07) is 11.4. The number of imide groups is 2. The van der Waals surface area contributed by atoms with Gasteiger partial charge in [-0.2, -0.15) is 18.3 Å². The number of benzene rings is 2. The minimum atomic E-state index is -4.67. The molecule has 5 amide bonds. The molecule has 2 N–H and O–H groups in total. The summed E-state index contributed by atoms with van der Waals surface area (Å²) in [6.45, 7) is 3.14. The van der Waals surface area contributed by atoms with Gasteiger partial charge in [-0.25, -0.2) is 4.98 Å². The zero-order chi connectivity index (χ0) is 42.8. The number of nitrogens with zero attached hydrogens (tertiary/aromatic N) is 6. The van der Waals surface area contributed by atoms with Gasteiger partial charge in [0.1, 0.15) is 23.2 Å². The number of aromatic nitrogens is 3. The van der Waals surface area contributed by atoms with Gasteiger partial charge in [-0.15, -0.1) is 0 Å². The maximum Gasteiger partial charge on any atom is 0.433 e. The molecule has 0 bridgehead atoms. The second-order valence-corrected chi connectivity index (χ2v) is 17.4. The Balaban J connectivity index is 0.761. The number of piperidine rings is 2. The lowest BCUT2D eigenvalue weighted by Crippen LogP contribution is -2.55. The largest absolute Gasteiger partial charge is 0.494 e. The fraction of sp³-hybridized carbons (Fsp3) is 0.477. The maximum atomic E-state index is 13.7. The second-order valence-electron chi connectivity index (χ2n) is 17.4. The van der Waals surface area contributed by atoms with Crippen LogP contribution in [0.4, 0.5) is 24.5 Å². The van der Waals surface area contributed by atoms with Crippen molar-refractivity contribution in [3.63, 3.8) is 0 Å². The summed E-state index contributed by atoms with van der Waals surface area (Å²) in [7, 11) is 3.44. The lowest BCUT2D eigenvalue weighted by molar-refractivity contribution is -0.141. The molecule has 320 valence electrons. The monoisotopic (exact) mass is 840 g/mol. The zero-order valence-corrected chi connectivity index (χ0v) is 34.0. The summed E-state index contributed by atoms with van der Waals surface area (Å²) >= 11 is 0. The average molecular weight is 841 g/mol. The Morgan fingerprint density at radius 2 is 1.72 bits per heavy atom. The molecule has 0 radical (unpaired) electrons. The van der Waals surface area contributed by atoms with E-state index in [1.165, 1.54) is 13.2 Å². The first kappa shape index (κ1) is 40.6. The van der Waals surface area contributed by atoms with Crippen LogP contribution in [0.25, 0.3) is 10.9 Å². The van der Waals surface area contributed by atoms with E-state index in [1.54, 1.807) is 24.3 Å². The first-order valence-electron chi connectivity index (χ1n) is 20.9. The molecule has 9 rings (SSSR count). The fourth-order valence-corrected chi connectivity index (χ4v) is 10.2. The Morgan fingerprint density at radius 1 is 0.984 bits per heavy atom. The number of ether oxygens (including phenoxy) is 1. The number of carbonyl (C=O) groups excluding carboxylic acids is 5. The van der Waals surface area contributed by atoms with Gasteiger partial charge in [0.25, 0.3) is 17.7 Å². The third kappa shape index (κ3) is 7.61. The number of amides is 5. The summed E-state index contributed by atoms with van der Waals surface area (Å²) < 4.78 is 47.1. The van der Waals surface area contributed by atoms with E-state index in [9.17, 15) is 37.1 Å². The Kier molecular flexibility index (Phi) is 10.4. The van der Waals surface area contributed by atoms with Gasteiger partial charge < -0.3 is 19.9 Å².